The lowest BCUT2D eigenvalue weighted by atomic mass is 10.1. The van der Waals surface area contributed by atoms with E-state index < -0.39 is 0 Å². The van der Waals surface area contributed by atoms with Crippen molar-refractivity contribution in [2.24, 2.45) is 0 Å². The first kappa shape index (κ1) is 15.6. The molecule has 0 atom stereocenters. The highest BCUT2D eigenvalue weighted by Gasteiger charge is 2.22. The molecule has 0 radical (unpaired) electrons. The Morgan fingerprint density at radius 2 is 1.52 bits per heavy atom. The Kier molecular flexibility index (Phi) is 4.34. The molecular formula is C21H20N2O2. The van der Waals surface area contributed by atoms with Gasteiger partial charge in [-0.05, 0) is 12.8 Å². The molecule has 0 saturated carbocycles. The van der Waals surface area contributed by atoms with Gasteiger partial charge < -0.3 is 9.32 Å². The topological polar surface area (TPSA) is 46.3 Å². The van der Waals surface area contributed by atoms with Crippen LogP contribution in [0.3, 0.4) is 0 Å². The van der Waals surface area contributed by atoms with Crippen molar-refractivity contribution >= 4 is 5.91 Å². The van der Waals surface area contributed by atoms with E-state index in [9.17, 15) is 4.79 Å². The van der Waals surface area contributed by atoms with E-state index in [1.165, 1.54) is 0 Å². The summed E-state index contributed by atoms with van der Waals surface area (Å²) in [7, 11) is 0. The number of amides is 1. The maximum Gasteiger partial charge on any atom is 0.231 e. The lowest BCUT2D eigenvalue weighted by molar-refractivity contribution is -0.129. The zero-order valence-electron chi connectivity index (χ0n) is 14.0. The zero-order chi connectivity index (χ0) is 17.1. The molecule has 0 spiro atoms. The highest BCUT2D eigenvalue weighted by atomic mass is 16.4. The Morgan fingerprint density at radius 3 is 2.16 bits per heavy atom. The molecular weight excluding hydrogens is 312 g/mol. The smallest absolute Gasteiger partial charge is 0.231 e. The first-order valence-corrected chi connectivity index (χ1v) is 8.69. The molecule has 126 valence electrons. The van der Waals surface area contributed by atoms with Crippen molar-refractivity contribution in [3.05, 3.63) is 66.6 Å². The van der Waals surface area contributed by atoms with Crippen LogP contribution >= 0.6 is 0 Å². The second kappa shape index (κ2) is 6.93. The third kappa shape index (κ3) is 3.33. The van der Waals surface area contributed by atoms with Crippen LogP contribution in [0.25, 0.3) is 22.6 Å². The molecule has 4 heteroatoms. The van der Waals surface area contributed by atoms with Crippen molar-refractivity contribution < 1.29 is 9.21 Å². The average Bonchev–Trinajstić information content (AvgIpc) is 3.33. The van der Waals surface area contributed by atoms with Crippen LogP contribution in [0.15, 0.2) is 65.1 Å². The van der Waals surface area contributed by atoms with Crippen molar-refractivity contribution in [3.8, 4) is 22.6 Å². The molecule has 0 N–H and O–H groups in total. The normalized spacial score (nSPS) is 14.0. The molecule has 0 aliphatic carbocycles. The molecule has 1 aliphatic rings. The molecule has 2 aromatic carbocycles. The number of rotatable bonds is 4. The van der Waals surface area contributed by atoms with Gasteiger partial charge in [0.2, 0.25) is 11.8 Å². The Hall–Kier alpha value is -2.88. The summed E-state index contributed by atoms with van der Waals surface area (Å²) in [4.78, 5) is 19.0. The maximum absolute atomic E-state index is 12.4. The number of carbonyl (C=O) groups excluding carboxylic acids is 1. The SMILES string of the molecule is O=C(Cc1nc(-c2ccccc2)c(-c2ccccc2)o1)N1CCCC1. The minimum atomic E-state index is 0.0953. The summed E-state index contributed by atoms with van der Waals surface area (Å²) in [6.45, 7) is 1.69. The predicted octanol–water partition coefficient (Wildman–Crippen LogP) is 4.17. The largest absolute Gasteiger partial charge is 0.439 e. The van der Waals surface area contributed by atoms with E-state index in [1.807, 2.05) is 65.6 Å². The lowest BCUT2D eigenvalue weighted by Crippen LogP contribution is -2.29. The van der Waals surface area contributed by atoms with Gasteiger partial charge in [0.1, 0.15) is 12.1 Å². The number of oxazole rings is 1. The van der Waals surface area contributed by atoms with E-state index in [4.69, 9.17) is 4.42 Å². The van der Waals surface area contributed by atoms with Crippen LogP contribution < -0.4 is 0 Å². The standard InChI is InChI=1S/C21H20N2O2/c24-19(23-13-7-8-14-23)15-18-22-20(16-9-3-1-4-10-16)21(25-18)17-11-5-2-6-12-17/h1-6,9-12H,7-8,13-15H2. The van der Waals surface area contributed by atoms with Crippen LogP contribution in [0.5, 0.6) is 0 Å². The zero-order valence-corrected chi connectivity index (χ0v) is 14.0. The van der Waals surface area contributed by atoms with E-state index >= 15 is 0 Å². The van der Waals surface area contributed by atoms with Crippen LogP contribution in [-0.2, 0) is 11.2 Å². The third-order valence-corrected chi connectivity index (χ3v) is 4.52. The van der Waals surface area contributed by atoms with E-state index in [0.717, 1.165) is 48.5 Å². The quantitative estimate of drug-likeness (QED) is 0.720. The number of likely N-dealkylation sites (tertiary alicyclic amines) is 1. The Morgan fingerprint density at radius 1 is 0.920 bits per heavy atom. The van der Waals surface area contributed by atoms with Crippen LogP contribution in [-0.4, -0.2) is 28.9 Å². The van der Waals surface area contributed by atoms with E-state index in [1.54, 1.807) is 0 Å². The van der Waals surface area contributed by atoms with Crippen molar-refractivity contribution in [1.29, 1.82) is 0 Å². The Balaban J connectivity index is 1.69. The minimum absolute atomic E-state index is 0.0953. The summed E-state index contributed by atoms with van der Waals surface area (Å²) in [5.74, 6) is 1.30. The summed E-state index contributed by atoms with van der Waals surface area (Å²) < 4.78 is 6.03. The second-order valence-electron chi connectivity index (χ2n) is 6.28. The molecule has 1 aromatic heterocycles. The van der Waals surface area contributed by atoms with Gasteiger partial charge >= 0.3 is 0 Å². The van der Waals surface area contributed by atoms with Gasteiger partial charge in [-0.1, -0.05) is 60.7 Å². The van der Waals surface area contributed by atoms with Crippen molar-refractivity contribution in [2.45, 2.75) is 19.3 Å². The average molecular weight is 332 g/mol. The number of benzene rings is 2. The van der Waals surface area contributed by atoms with Gasteiger partial charge in [-0.25, -0.2) is 4.98 Å². The van der Waals surface area contributed by atoms with Crippen molar-refractivity contribution in [2.75, 3.05) is 13.1 Å². The molecule has 0 bridgehead atoms. The van der Waals surface area contributed by atoms with E-state index in [2.05, 4.69) is 4.98 Å². The number of aromatic nitrogens is 1. The molecule has 4 rings (SSSR count). The highest BCUT2D eigenvalue weighted by Crippen LogP contribution is 2.32. The monoisotopic (exact) mass is 332 g/mol. The summed E-state index contributed by atoms with van der Waals surface area (Å²) in [5, 5.41) is 0. The lowest BCUT2D eigenvalue weighted by Gasteiger charge is -2.13. The number of hydrogen-bond donors (Lipinski definition) is 0. The fraction of sp³-hybridized carbons (Fsp3) is 0.238. The number of hydrogen-bond acceptors (Lipinski definition) is 3. The van der Waals surface area contributed by atoms with Gasteiger partial charge in [0.05, 0.1) is 0 Å². The second-order valence-corrected chi connectivity index (χ2v) is 6.28. The molecule has 1 fully saturated rings. The molecule has 3 aromatic rings. The summed E-state index contributed by atoms with van der Waals surface area (Å²) >= 11 is 0. The number of carbonyl (C=O) groups is 1. The number of nitrogens with zero attached hydrogens (tertiary/aromatic N) is 2. The van der Waals surface area contributed by atoms with Crippen LogP contribution in [0, 0.1) is 0 Å². The fourth-order valence-electron chi connectivity index (χ4n) is 3.22. The summed E-state index contributed by atoms with van der Waals surface area (Å²) in [6.07, 6.45) is 2.39. The molecule has 1 aliphatic heterocycles. The first-order chi connectivity index (χ1) is 12.3. The minimum Gasteiger partial charge on any atom is -0.439 e. The Labute approximate surface area is 147 Å². The predicted molar refractivity (Wildman–Crippen MR) is 96.9 cm³/mol. The molecule has 0 unspecified atom stereocenters. The van der Waals surface area contributed by atoms with Crippen LogP contribution in [0.4, 0.5) is 0 Å². The summed E-state index contributed by atoms with van der Waals surface area (Å²) in [5.41, 5.74) is 2.75. The molecule has 4 nitrogen and oxygen atoms in total. The van der Waals surface area contributed by atoms with Gasteiger partial charge in [-0.2, -0.15) is 0 Å². The first-order valence-electron chi connectivity index (χ1n) is 8.69. The van der Waals surface area contributed by atoms with Crippen molar-refractivity contribution in [3.63, 3.8) is 0 Å². The van der Waals surface area contributed by atoms with Gasteiger partial charge in [-0.3, -0.25) is 4.79 Å². The van der Waals surface area contributed by atoms with Gasteiger partial charge in [-0.15, -0.1) is 0 Å². The molecule has 1 amide bonds. The van der Waals surface area contributed by atoms with E-state index in [-0.39, 0.29) is 12.3 Å². The maximum atomic E-state index is 12.4. The molecule has 25 heavy (non-hydrogen) atoms. The summed E-state index contributed by atoms with van der Waals surface area (Å²) in [6, 6.07) is 19.9. The van der Waals surface area contributed by atoms with Gasteiger partial charge in [0.15, 0.2) is 5.76 Å². The fourth-order valence-corrected chi connectivity index (χ4v) is 3.22. The van der Waals surface area contributed by atoms with E-state index in [0.29, 0.717) is 5.89 Å². The van der Waals surface area contributed by atoms with Crippen LogP contribution in [0.2, 0.25) is 0 Å². The third-order valence-electron chi connectivity index (χ3n) is 4.52. The molecule has 1 saturated heterocycles. The Bertz CT molecular complexity index is 793. The molecule has 2 heterocycles. The highest BCUT2D eigenvalue weighted by molar-refractivity contribution is 5.80. The van der Waals surface area contributed by atoms with Crippen molar-refractivity contribution in [1.82, 2.24) is 9.88 Å². The van der Waals surface area contributed by atoms with Gasteiger partial charge in [0.25, 0.3) is 0 Å². The van der Waals surface area contributed by atoms with Crippen LogP contribution in [0.1, 0.15) is 18.7 Å². The van der Waals surface area contributed by atoms with Gasteiger partial charge in [0, 0.05) is 24.2 Å².